The molecule has 1 aromatic heterocycles. The Morgan fingerprint density at radius 2 is 2.12 bits per heavy atom. The summed E-state index contributed by atoms with van der Waals surface area (Å²) in [6, 6.07) is 0.173. The van der Waals surface area contributed by atoms with E-state index in [0.717, 1.165) is 18.7 Å². The van der Waals surface area contributed by atoms with Crippen molar-refractivity contribution in [3.8, 4) is 0 Å². The average Bonchev–Trinajstić information content (AvgIpc) is 2.70. The minimum atomic E-state index is -0.217. The summed E-state index contributed by atoms with van der Waals surface area (Å²) in [5.74, 6) is 1.08. The van der Waals surface area contributed by atoms with E-state index in [-0.39, 0.29) is 12.3 Å². The molecule has 1 atom stereocenters. The molecule has 0 spiro atoms. The number of hydrogen-bond donors (Lipinski definition) is 1. The molecule has 0 aliphatic heterocycles. The van der Waals surface area contributed by atoms with Gasteiger partial charge in [-0.3, -0.25) is 0 Å². The zero-order valence-corrected chi connectivity index (χ0v) is 10.4. The third-order valence-electron chi connectivity index (χ3n) is 2.76. The van der Waals surface area contributed by atoms with Crippen LogP contribution in [0.4, 0.5) is 0 Å². The lowest BCUT2D eigenvalue weighted by atomic mass is 10.1. The van der Waals surface area contributed by atoms with Crippen LogP contribution >= 0.6 is 0 Å². The summed E-state index contributed by atoms with van der Waals surface area (Å²) in [7, 11) is 7.22. The standard InChI is InChI=1S/C11H21N3O2/c1-12-9(11(15-3)16-4)5-6-10-13-7-8-14(10)2/h7-9,11-12H,5-6H2,1-4H3. The first-order valence-electron chi connectivity index (χ1n) is 5.42. The molecule has 0 aromatic carbocycles. The van der Waals surface area contributed by atoms with E-state index in [1.807, 2.05) is 31.1 Å². The van der Waals surface area contributed by atoms with Crippen LogP contribution in [0.2, 0.25) is 0 Å². The lowest BCUT2D eigenvalue weighted by Crippen LogP contribution is -2.40. The van der Waals surface area contributed by atoms with E-state index in [0.29, 0.717) is 0 Å². The Hall–Kier alpha value is -0.910. The van der Waals surface area contributed by atoms with Gasteiger partial charge in [-0.15, -0.1) is 0 Å². The van der Waals surface area contributed by atoms with Gasteiger partial charge in [0.1, 0.15) is 5.82 Å². The largest absolute Gasteiger partial charge is 0.354 e. The molecule has 1 rings (SSSR count). The van der Waals surface area contributed by atoms with Crippen molar-refractivity contribution in [1.29, 1.82) is 0 Å². The van der Waals surface area contributed by atoms with Gasteiger partial charge >= 0.3 is 0 Å². The molecule has 0 radical (unpaired) electrons. The van der Waals surface area contributed by atoms with Crippen molar-refractivity contribution in [2.24, 2.45) is 7.05 Å². The van der Waals surface area contributed by atoms with Crippen molar-refractivity contribution in [1.82, 2.24) is 14.9 Å². The zero-order chi connectivity index (χ0) is 12.0. The van der Waals surface area contributed by atoms with Crippen LogP contribution in [-0.4, -0.2) is 43.2 Å². The van der Waals surface area contributed by atoms with E-state index < -0.39 is 0 Å². The third-order valence-corrected chi connectivity index (χ3v) is 2.76. The number of ether oxygens (including phenoxy) is 2. The number of methoxy groups -OCH3 is 2. The number of hydrogen-bond acceptors (Lipinski definition) is 4. The fourth-order valence-corrected chi connectivity index (χ4v) is 1.76. The molecule has 16 heavy (non-hydrogen) atoms. The van der Waals surface area contributed by atoms with Gasteiger partial charge < -0.3 is 19.4 Å². The first-order valence-corrected chi connectivity index (χ1v) is 5.42. The SMILES string of the molecule is CNC(CCc1nccn1C)C(OC)OC. The fraction of sp³-hybridized carbons (Fsp3) is 0.727. The van der Waals surface area contributed by atoms with Gasteiger partial charge in [0.15, 0.2) is 6.29 Å². The molecular weight excluding hydrogens is 206 g/mol. The summed E-state index contributed by atoms with van der Waals surface area (Å²) in [4.78, 5) is 4.29. The maximum Gasteiger partial charge on any atom is 0.171 e. The maximum atomic E-state index is 5.24. The van der Waals surface area contributed by atoms with Crippen molar-refractivity contribution in [2.75, 3.05) is 21.3 Å². The summed E-state index contributed by atoms with van der Waals surface area (Å²) in [6.07, 6.45) is 5.37. The topological polar surface area (TPSA) is 48.3 Å². The second-order valence-electron chi connectivity index (χ2n) is 3.73. The highest BCUT2D eigenvalue weighted by Gasteiger charge is 2.19. The van der Waals surface area contributed by atoms with Gasteiger partial charge in [-0.25, -0.2) is 4.98 Å². The Kier molecular flexibility index (Phi) is 5.45. The molecule has 0 saturated carbocycles. The summed E-state index contributed by atoms with van der Waals surface area (Å²) in [6.45, 7) is 0. The summed E-state index contributed by atoms with van der Waals surface area (Å²) in [5.41, 5.74) is 0. The number of likely N-dealkylation sites (N-methyl/N-ethyl adjacent to an activating group) is 1. The van der Waals surface area contributed by atoms with E-state index in [9.17, 15) is 0 Å². The Labute approximate surface area is 96.8 Å². The quantitative estimate of drug-likeness (QED) is 0.691. The number of rotatable bonds is 7. The molecule has 92 valence electrons. The minimum Gasteiger partial charge on any atom is -0.354 e. The highest BCUT2D eigenvalue weighted by Crippen LogP contribution is 2.08. The second kappa shape index (κ2) is 6.62. The molecule has 0 fully saturated rings. The Balaban J connectivity index is 2.48. The first-order chi connectivity index (χ1) is 7.72. The molecule has 0 amide bonds. The number of imidazole rings is 1. The van der Waals surface area contributed by atoms with Crippen LogP contribution in [0.5, 0.6) is 0 Å². The van der Waals surface area contributed by atoms with Crippen LogP contribution in [0.25, 0.3) is 0 Å². The van der Waals surface area contributed by atoms with Crippen molar-refractivity contribution >= 4 is 0 Å². The van der Waals surface area contributed by atoms with Crippen LogP contribution in [0.3, 0.4) is 0 Å². The van der Waals surface area contributed by atoms with Gasteiger partial charge in [0.05, 0.1) is 6.04 Å². The van der Waals surface area contributed by atoms with Crippen molar-refractivity contribution in [2.45, 2.75) is 25.2 Å². The molecular formula is C11H21N3O2. The molecule has 0 aliphatic rings. The van der Waals surface area contributed by atoms with E-state index >= 15 is 0 Å². The zero-order valence-electron chi connectivity index (χ0n) is 10.4. The molecule has 5 heteroatoms. The predicted molar refractivity (Wildman–Crippen MR) is 62.2 cm³/mol. The summed E-state index contributed by atoms with van der Waals surface area (Å²) < 4.78 is 12.5. The van der Waals surface area contributed by atoms with E-state index in [2.05, 4.69) is 10.3 Å². The van der Waals surface area contributed by atoms with Gasteiger partial charge in [-0.05, 0) is 13.5 Å². The smallest absolute Gasteiger partial charge is 0.171 e. The van der Waals surface area contributed by atoms with Crippen LogP contribution in [0, 0.1) is 0 Å². The number of nitrogens with one attached hydrogen (secondary N) is 1. The normalized spacial score (nSPS) is 13.3. The minimum absolute atomic E-state index is 0.173. The lowest BCUT2D eigenvalue weighted by molar-refractivity contribution is -0.122. The van der Waals surface area contributed by atoms with Gasteiger partial charge in [0.2, 0.25) is 0 Å². The van der Waals surface area contributed by atoms with E-state index in [1.165, 1.54) is 0 Å². The van der Waals surface area contributed by atoms with Crippen molar-refractivity contribution in [3.05, 3.63) is 18.2 Å². The van der Waals surface area contributed by atoms with Crippen LogP contribution < -0.4 is 5.32 Å². The van der Waals surface area contributed by atoms with Gasteiger partial charge in [0.25, 0.3) is 0 Å². The number of nitrogens with zero attached hydrogens (tertiary/aromatic N) is 2. The molecule has 0 bridgehead atoms. The van der Waals surface area contributed by atoms with Gasteiger partial charge in [-0.1, -0.05) is 0 Å². The third kappa shape index (κ3) is 3.30. The maximum absolute atomic E-state index is 5.24. The first kappa shape index (κ1) is 13.2. The Morgan fingerprint density at radius 3 is 2.56 bits per heavy atom. The molecule has 0 saturated heterocycles. The lowest BCUT2D eigenvalue weighted by Gasteiger charge is -2.24. The average molecular weight is 227 g/mol. The number of aryl methyl sites for hydroxylation is 2. The molecule has 1 heterocycles. The van der Waals surface area contributed by atoms with E-state index in [4.69, 9.17) is 9.47 Å². The van der Waals surface area contributed by atoms with Crippen LogP contribution in [0.1, 0.15) is 12.2 Å². The molecule has 1 aromatic rings. The summed E-state index contributed by atoms with van der Waals surface area (Å²) in [5, 5.41) is 3.20. The molecule has 1 unspecified atom stereocenters. The highest BCUT2D eigenvalue weighted by molar-refractivity contribution is 4.92. The Bertz CT molecular complexity index is 297. The van der Waals surface area contributed by atoms with Crippen LogP contribution in [-0.2, 0) is 22.9 Å². The summed E-state index contributed by atoms with van der Waals surface area (Å²) >= 11 is 0. The molecule has 0 aliphatic carbocycles. The van der Waals surface area contributed by atoms with Gasteiger partial charge in [-0.2, -0.15) is 0 Å². The number of aromatic nitrogens is 2. The van der Waals surface area contributed by atoms with Crippen molar-refractivity contribution in [3.63, 3.8) is 0 Å². The van der Waals surface area contributed by atoms with Crippen LogP contribution in [0.15, 0.2) is 12.4 Å². The second-order valence-corrected chi connectivity index (χ2v) is 3.73. The molecule has 5 nitrogen and oxygen atoms in total. The van der Waals surface area contributed by atoms with Gasteiger partial charge in [0, 0.05) is 40.1 Å². The highest BCUT2D eigenvalue weighted by atomic mass is 16.7. The Morgan fingerprint density at radius 1 is 1.44 bits per heavy atom. The molecule has 1 N–H and O–H groups in total. The van der Waals surface area contributed by atoms with E-state index in [1.54, 1.807) is 14.2 Å². The van der Waals surface area contributed by atoms with Crippen molar-refractivity contribution < 1.29 is 9.47 Å². The monoisotopic (exact) mass is 227 g/mol. The predicted octanol–water partition coefficient (Wildman–Crippen LogP) is 0.560. The fourth-order valence-electron chi connectivity index (χ4n) is 1.76.